The number of hydrogen-bond acceptors (Lipinski definition) is 6. The van der Waals surface area contributed by atoms with Gasteiger partial charge in [-0.3, -0.25) is 4.79 Å². The number of carbonyl (C=O) groups is 1. The van der Waals surface area contributed by atoms with Gasteiger partial charge in [0.05, 0.1) is 18.7 Å². The molecule has 0 amide bonds. The number of hydrogen-bond donors (Lipinski definition) is 0. The molecule has 1 aliphatic rings. The molecule has 2 heterocycles. The number of aromatic nitrogens is 1. The van der Waals surface area contributed by atoms with Crippen LogP contribution in [0, 0.1) is 5.92 Å². The van der Waals surface area contributed by atoms with Crippen LogP contribution in [0.25, 0.3) is 0 Å². The number of likely N-dealkylation sites (tertiary alicyclic amines) is 1. The van der Waals surface area contributed by atoms with E-state index in [1.807, 2.05) is 12.3 Å². The predicted octanol–water partition coefficient (Wildman–Crippen LogP) is 2.03. The van der Waals surface area contributed by atoms with Crippen LogP contribution in [0.3, 0.4) is 0 Å². The zero-order chi connectivity index (χ0) is 15.2. The largest absolute Gasteiger partial charge is 0.466 e. The summed E-state index contributed by atoms with van der Waals surface area (Å²) in [5, 5.41) is 2.95. The van der Waals surface area contributed by atoms with Gasteiger partial charge in [0.2, 0.25) is 0 Å². The zero-order valence-corrected chi connectivity index (χ0v) is 14.0. The van der Waals surface area contributed by atoms with E-state index in [9.17, 15) is 4.79 Å². The molecule has 5 nitrogen and oxygen atoms in total. The monoisotopic (exact) mass is 311 g/mol. The van der Waals surface area contributed by atoms with Crippen LogP contribution in [-0.4, -0.2) is 56.2 Å². The highest BCUT2D eigenvalue weighted by Crippen LogP contribution is 2.23. The number of esters is 1. The molecule has 0 spiro atoms. The highest BCUT2D eigenvalue weighted by molar-refractivity contribution is 7.13. The lowest BCUT2D eigenvalue weighted by molar-refractivity contribution is -0.142. The van der Waals surface area contributed by atoms with Crippen LogP contribution >= 0.6 is 11.3 Å². The van der Waals surface area contributed by atoms with Crippen molar-refractivity contribution in [1.82, 2.24) is 9.88 Å². The van der Waals surface area contributed by atoms with E-state index in [0.29, 0.717) is 6.61 Å². The predicted molar refractivity (Wildman–Crippen MR) is 85.9 cm³/mol. The molecule has 0 radical (unpaired) electrons. The third-order valence-electron chi connectivity index (χ3n) is 3.87. The topological polar surface area (TPSA) is 45.7 Å². The molecule has 1 fully saturated rings. The maximum atomic E-state index is 11.5. The molecule has 6 heteroatoms. The van der Waals surface area contributed by atoms with Gasteiger partial charge in [-0.05, 0) is 45.8 Å². The van der Waals surface area contributed by atoms with Gasteiger partial charge < -0.3 is 14.5 Å². The highest BCUT2D eigenvalue weighted by atomic mass is 32.1. The van der Waals surface area contributed by atoms with Gasteiger partial charge in [-0.15, -0.1) is 11.3 Å². The Labute approximate surface area is 130 Å². The Bertz CT molecular complexity index is 456. The van der Waals surface area contributed by atoms with Gasteiger partial charge in [-0.2, -0.15) is 0 Å². The van der Waals surface area contributed by atoms with E-state index in [1.165, 1.54) is 25.9 Å². The molecular weight excluding hydrogens is 286 g/mol. The summed E-state index contributed by atoms with van der Waals surface area (Å²) in [5.74, 6) is 0.538. The first-order valence-electron chi connectivity index (χ1n) is 7.58. The molecule has 21 heavy (non-hydrogen) atoms. The van der Waals surface area contributed by atoms with Crippen LogP contribution in [-0.2, 0) is 16.0 Å². The molecule has 0 bridgehead atoms. The van der Waals surface area contributed by atoms with E-state index in [-0.39, 0.29) is 12.4 Å². The molecule has 0 aliphatic carbocycles. The Kier molecular flexibility index (Phi) is 5.99. The lowest BCUT2D eigenvalue weighted by atomic mass is 9.97. The van der Waals surface area contributed by atoms with E-state index in [1.54, 1.807) is 11.3 Å². The lowest BCUT2D eigenvalue weighted by Gasteiger charge is -2.31. The molecule has 1 saturated heterocycles. The minimum absolute atomic E-state index is 0.202. The molecule has 0 atom stereocenters. The molecule has 0 saturated carbocycles. The number of thiazole rings is 1. The van der Waals surface area contributed by atoms with Gasteiger partial charge in [0.15, 0.2) is 5.13 Å². The smallest absolute Gasteiger partial charge is 0.311 e. The van der Waals surface area contributed by atoms with E-state index in [2.05, 4.69) is 28.9 Å². The van der Waals surface area contributed by atoms with Crippen LogP contribution in [0.4, 0.5) is 5.13 Å². The summed E-state index contributed by atoms with van der Waals surface area (Å²) in [7, 11) is 4.27. The molecule has 0 N–H and O–H groups in total. The molecular formula is C15H25N3O2S. The Morgan fingerprint density at radius 1 is 1.52 bits per heavy atom. The summed E-state index contributed by atoms with van der Waals surface area (Å²) in [6, 6.07) is 0. The normalized spacial score (nSPS) is 16.9. The van der Waals surface area contributed by atoms with E-state index >= 15 is 0 Å². The second kappa shape index (κ2) is 7.75. The quantitative estimate of drug-likeness (QED) is 0.752. The van der Waals surface area contributed by atoms with Crippen LogP contribution in [0.2, 0.25) is 0 Å². The van der Waals surface area contributed by atoms with E-state index in [0.717, 1.165) is 23.3 Å². The standard InChI is InChI=1S/C15H25N3O2S/c1-4-20-14(19)9-13-11-21-15(16-13)18(3)10-12-5-7-17(2)8-6-12/h11-12H,4-10H2,1-3H3. The number of piperidine rings is 1. The first-order valence-corrected chi connectivity index (χ1v) is 8.46. The van der Waals surface area contributed by atoms with Crippen LogP contribution in [0.15, 0.2) is 5.38 Å². The average Bonchev–Trinajstić information content (AvgIpc) is 2.90. The number of carbonyl (C=O) groups excluding carboxylic acids is 1. The zero-order valence-electron chi connectivity index (χ0n) is 13.2. The lowest BCUT2D eigenvalue weighted by Crippen LogP contribution is -2.35. The van der Waals surface area contributed by atoms with Crippen LogP contribution < -0.4 is 4.90 Å². The van der Waals surface area contributed by atoms with Crippen molar-refractivity contribution in [2.75, 3.05) is 45.2 Å². The Hall–Kier alpha value is -1.14. The minimum Gasteiger partial charge on any atom is -0.466 e. The maximum absolute atomic E-state index is 11.5. The fourth-order valence-electron chi connectivity index (χ4n) is 2.62. The second-order valence-corrected chi connectivity index (χ2v) is 6.57. The van der Waals surface area contributed by atoms with Crippen molar-refractivity contribution in [3.05, 3.63) is 11.1 Å². The second-order valence-electron chi connectivity index (χ2n) is 5.73. The van der Waals surface area contributed by atoms with Crippen molar-refractivity contribution in [3.63, 3.8) is 0 Å². The van der Waals surface area contributed by atoms with Crippen molar-refractivity contribution in [2.45, 2.75) is 26.2 Å². The van der Waals surface area contributed by atoms with Gasteiger partial charge in [0.25, 0.3) is 0 Å². The van der Waals surface area contributed by atoms with E-state index < -0.39 is 0 Å². The highest BCUT2D eigenvalue weighted by Gasteiger charge is 2.19. The Morgan fingerprint density at radius 3 is 2.90 bits per heavy atom. The van der Waals surface area contributed by atoms with Gasteiger partial charge >= 0.3 is 5.97 Å². The summed E-state index contributed by atoms with van der Waals surface area (Å²) in [6.07, 6.45) is 2.77. The van der Waals surface area contributed by atoms with Crippen molar-refractivity contribution in [3.8, 4) is 0 Å². The van der Waals surface area contributed by atoms with Crippen molar-refractivity contribution < 1.29 is 9.53 Å². The molecule has 0 aromatic carbocycles. The first-order chi connectivity index (χ1) is 10.1. The number of ether oxygens (including phenoxy) is 1. The Balaban J connectivity index is 1.84. The number of nitrogens with zero attached hydrogens (tertiary/aromatic N) is 3. The third-order valence-corrected chi connectivity index (χ3v) is 4.87. The SMILES string of the molecule is CCOC(=O)Cc1csc(N(C)CC2CCN(C)CC2)n1. The minimum atomic E-state index is -0.202. The first kappa shape index (κ1) is 16.2. The molecule has 0 unspecified atom stereocenters. The molecule has 118 valence electrons. The third kappa shape index (κ3) is 4.97. The van der Waals surface area contributed by atoms with Gasteiger partial charge in [-0.1, -0.05) is 0 Å². The molecule has 1 aromatic rings. The average molecular weight is 311 g/mol. The molecule has 1 aliphatic heterocycles. The number of rotatable bonds is 6. The summed E-state index contributed by atoms with van der Waals surface area (Å²) < 4.78 is 4.95. The van der Waals surface area contributed by atoms with Crippen molar-refractivity contribution in [1.29, 1.82) is 0 Å². The fraction of sp³-hybridized carbons (Fsp3) is 0.733. The number of anilines is 1. The van der Waals surface area contributed by atoms with Crippen LogP contribution in [0.5, 0.6) is 0 Å². The summed E-state index contributed by atoms with van der Waals surface area (Å²) in [6.45, 7) is 5.65. The maximum Gasteiger partial charge on any atom is 0.311 e. The van der Waals surface area contributed by atoms with E-state index in [4.69, 9.17) is 4.74 Å². The van der Waals surface area contributed by atoms with Crippen molar-refractivity contribution in [2.24, 2.45) is 5.92 Å². The summed E-state index contributed by atoms with van der Waals surface area (Å²) >= 11 is 1.60. The summed E-state index contributed by atoms with van der Waals surface area (Å²) in [5.41, 5.74) is 0.809. The van der Waals surface area contributed by atoms with Gasteiger partial charge in [0, 0.05) is 19.0 Å². The van der Waals surface area contributed by atoms with Gasteiger partial charge in [0.1, 0.15) is 0 Å². The molecule has 1 aromatic heterocycles. The van der Waals surface area contributed by atoms with Crippen LogP contribution in [0.1, 0.15) is 25.5 Å². The Morgan fingerprint density at radius 2 is 2.24 bits per heavy atom. The van der Waals surface area contributed by atoms with Gasteiger partial charge in [-0.25, -0.2) is 4.98 Å². The molecule has 2 rings (SSSR count). The fourth-order valence-corrected chi connectivity index (χ4v) is 3.42. The summed E-state index contributed by atoms with van der Waals surface area (Å²) in [4.78, 5) is 20.6. The van der Waals surface area contributed by atoms with Crippen molar-refractivity contribution >= 4 is 22.4 Å².